The Balaban J connectivity index is 1.25. The van der Waals surface area contributed by atoms with Crippen LogP contribution in [-0.2, 0) is 16.2 Å². The molecule has 0 fully saturated rings. The zero-order chi connectivity index (χ0) is 58.1. The lowest BCUT2D eigenvalue weighted by Gasteiger charge is -2.39. The van der Waals surface area contributed by atoms with Crippen LogP contribution in [0.25, 0.3) is 11.1 Å². The highest BCUT2D eigenvalue weighted by atomic mass is 15.2. The van der Waals surface area contributed by atoms with Gasteiger partial charge in [0.25, 0.3) is 0 Å². The van der Waals surface area contributed by atoms with Crippen molar-refractivity contribution in [3.63, 3.8) is 0 Å². The Morgan fingerprint density at radius 3 is 0.600 bits per heavy atom. The molecule has 13 rings (SSSR count). The lowest BCUT2D eigenvalue weighted by molar-refractivity contribution is 0.586. The van der Waals surface area contributed by atoms with Crippen LogP contribution in [0.3, 0.4) is 0 Å². The molecule has 12 aromatic rings. The normalized spacial score (nSPS) is 12.4. The van der Waals surface area contributed by atoms with E-state index >= 15 is 0 Å². The van der Waals surface area contributed by atoms with Crippen molar-refractivity contribution in [2.75, 3.05) is 19.6 Å². The Labute approximate surface area is 502 Å². The second-order valence-corrected chi connectivity index (χ2v) is 24.3. The molecule has 0 heterocycles. The quantitative estimate of drug-likeness (QED) is 0.108. The molecule has 0 spiro atoms. The summed E-state index contributed by atoms with van der Waals surface area (Å²) < 4.78 is 0. The van der Waals surface area contributed by atoms with E-state index in [2.05, 4.69) is 377 Å². The summed E-state index contributed by atoms with van der Waals surface area (Å²) in [5.74, 6) is 0. The zero-order valence-corrected chi connectivity index (χ0v) is 49.3. The van der Waals surface area contributed by atoms with Crippen LogP contribution in [-0.4, -0.2) is 0 Å². The monoisotopic (exact) mass is 1100 g/mol. The molecule has 0 radical (unpaired) electrons. The molecule has 0 atom stereocenters. The SMILES string of the molecule is CC(C)(C)c1ccc2c(c1)C(c1cc(N(c3ccccc3)c3ccccc3)cc(N(c3ccccc3)c3ccccc3)c1)(c1cc(N(c3ccccc3)c3ccccc3)cc(N(c3ccccc3)c3ccccc3)c1)c1cc(C(C)(C)C)ccc1-2. The second kappa shape index (κ2) is 22.5. The van der Waals surface area contributed by atoms with Crippen molar-refractivity contribution in [3.8, 4) is 11.1 Å². The number of para-hydroxylation sites is 8. The highest BCUT2D eigenvalue weighted by Gasteiger charge is 2.49. The van der Waals surface area contributed by atoms with Crippen LogP contribution in [0.1, 0.15) is 74.9 Å². The van der Waals surface area contributed by atoms with Gasteiger partial charge in [-0.3, -0.25) is 0 Å². The van der Waals surface area contributed by atoms with Gasteiger partial charge in [-0.2, -0.15) is 0 Å². The Kier molecular flexibility index (Phi) is 14.3. The van der Waals surface area contributed by atoms with Crippen LogP contribution in [0.15, 0.2) is 315 Å². The van der Waals surface area contributed by atoms with Gasteiger partial charge in [0.15, 0.2) is 0 Å². The molecule has 0 aliphatic heterocycles. The molecule has 1 aliphatic rings. The maximum absolute atomic E-state index is 2.56. The molecule has 0 N–H and O–H groups in total. The first-order valence-electron chi connectivity index (χ1n) is 29.7. The maximum Gasteiger partial charge on any atom is 0.0716 e. The molecule has 85 heavy (non-hydrogen) atoms. The third-order valence-corrected chi connectivity index (χ3v) is 16.7. The molecule has 0 saturated carbocycles. The lowest BCUT2D eigenvalue weighted by atomic mass is 9.65. The van der Waals surface area contributed by atoms with Crippen molar-refractivity contribution in [2.24, 2.45) is 0 Å². The van der Waals surface area contributed by atoms with Gasteiger partial charge in [0, 0.05) is 68.2 Å². The molecule has 0 aromatic heterocycles. The molecule has 0 saturated heterocycles. The first kappa shape index (κ1) is 54.1. The summed E-state index contributed by atoms with van der Waals surface area (Å²) in [4.78, 5) is 9.74. The van der Waals surface area contributed by atoms with Crippen LogP contribution < -0.4 is 19.6 Å². The molecule has 4 heteroatoms. The van der Waals surface area contributed by atoms with Crippen LogP contribution in [0.4, 0.5) is 68.2 Å². The minimum atomic E-state index is -0.973. The van der Waals surface area contributed by atoms with Gasteiger partial charge in [-0.1, -0.05) is 224 Å². The van der Waals surface area contributed by atoms with E-state index in [1.165, 1.54) is 33.4 Å². The average Bonchev–Trinajstić information content (AvgIpc) is 1.70. The topological polar surface area (TPSA) is 13.0 Å². The van der Waals surface area contributed by atoms with E-state index < -0.39 is 5.41 Å². The third kappa shape index (κ3) is 10.4. The van der Waals surface area contributed by atoms with Crippen LogP contribution >= 0.6 is 0 Å². The van der Waals surface area contributed by atoms with Gasteiger partial charge in [-0.25, -0.2) is 0 Å². The van der Waals surface area contributed by atoms with Crippen molar-refractivity contribution in [1.82, 2.24) is 0 Å². The van der Waals surface area contributed by atoms with E-state index in [4.69, 9.17) is 0 Å². The summed E-state index contributed by atoms with van der Waals surface area (Å²) in [5, 5.41) is 0. The summed E-state index contributed by atoms with van der Waals surface area (Å²) in [6, 6.07) is 116. The lowest BCUT2D eigenvalue weighted by Crippen LogP contribution is -2.31. The fourth-order valence-corrected chi connectivity index (χ4v) is 12.6. The number of hydrogen-bond donors (Lipinski definition) is 0. The predicted octanol–water partition coefficient (Wildman–Crippen LogP) is 22.5. The minimum absolute atomic E-state index is 0.185. The Morgan fingerprint density at radius 2 is 0.412 bits per heavy atom. The molecule has 0 unspecified atom stereocenters. The number of anilines is 12. The number of rotatable bonds is 14. The molecular weight excluding hydrogens is 1030 g/mol. The van der Waals surface area contributed by atoms with Gasteiger partial charge >= 0.3 is 0 Å². The maximum atomic E-state index is 2.56. The van der Waals surface area contributed by atoms with E-state index in [0.717, 1.165) is 79.4 Å². The van der Waals surface area contributed by atoms with E-state index in [1.54, 1.807) is 0 Å². The Bertz CT molecular complexity index is 3600. The number of benzene rings is 12. The summed E-state index contributed by atoms with van der Waals surface area (Å²) in [6.07, 6.45) is 0. The Morgan fingerprint density at radius 1 is 0.212 bits per heavy atom. The molecule has 0 amide bonds. The molecule has 0 bridgehead atoms. The average molecular weight is 1100 g/mol. The minimum Gasteiger partial charge on any atom is -0.310 e. The highest BCUT2D eigenvalue weighted by molar-refractivity contribution is 5.93. The van der Waals surface area contributed by atoms with Crippen molar-refractivity contribution in [2.45, 2.75) is 57.8 Å². The second-order valence-electron chi connectivity index (χ2n) is 24.3. The van der Waals surface area contributed by atoms with Crippen molar-refractivity contribution >= 4 is 68.2 Å². The number of hydrogen-bond acceptors (Lipinski definition) is 4. The fraction of sp³-hybridized carbons (Fsp3) is 0.111. The van der Waals surface area contributed by atoms with Gasteiger partial charge < -0.3 is 19.6 Å². The standard InChI is InChI=1S/C81H70N4/c1-79(2,3)59-47-49-75-76-50-48-60(80(4,5)6)56-78(76)81(77(75)55-59,61-51-71(82(63-31-15-7-16-32-63)64-33-17-8-18-34-64)57-72(52-61)83(65-35-19-9-20-36-65)66-37-21-10-22-38-66)62-53-73(84(67-39-23-11-24-40-67)68-41-25-12-26-42-68)58-74(54-62)85(69-43-27-13-28-44-69)70-45-29-14-30-46-70/h7-58H,1-6H3. The van der Waals surface area contributed by atoms with E-state index in [0.29, 0.717) is 0 Å². The summed E-state index contributed by atoms with van der Waals surface area (Å²) >= 11 is 0. The third-order valence-electron chi connectivity index (χ3n) is 16.7. The summed E-state index contributed by atoms with van der Waals surface area (Å²) in [5.41, 5.74) is 20.9. The number of fused-ring (bicyclic) bond motifs is 3. The van der Waals surface area contributed by atoms with Gasteiger partial charge in [-0.15, -0.1) is 0 Å². The van der Waals surface area contributed by atoms with Gasteiger partial charge in [0.1, 0.15) is 0 Å². The first-order valence-corrected chi connectivity index (χ1v) is 29.7. The van der Waals surface area contributed by atoms with E-state index in [9.17, 15) is 0 Å². The van der Waals surface area contributed by atoms with E-state index in [1.807, 2.05) is 0 Å². The smallest absolute Gasteiger partial charge is 0.0716 e. The van der Waals surface area contributed by atoms with Crippen LogP contribution in [0, 0.1) is 0 Å². The summed E-state index contributed by atoms with van der Waals surface area (Å²) in [6.45, 7) is 14.1. The highest BCUT2D eigenvalue weighted by Crippen LogP contribution is 2.60. The van der Waals surface area contributed by atoms with Crippen LogP contribution in [0.2, 0.25) is 0 Å². The Hall–Kier alpha value is -10.2. The number of nitrogens with zero attached hydrogens (tertiary/aromatic N) is 4. The first-order chi connectivity index (χ1) is 41.4. The fourth-order valence-electron chi connectivity index (χ4n) is 12.6. The van der Waals surface area contributed by atoms with Crippen molar-refractivity contribution < 1.29 is 0 Å². The largest absolute Gasteiger partial charge is 0.310 e. The zero-order valence-electron chi connectivity index (χ0n) is 49.3. The molecular formula is C81H70N4. The van der Waals surface area contributed by atoms with E-state index in [-0.39, 0.29) is 10.8 Å². The molecule has 1 aliphatic carbocycles. The van der Waals surface area contributed by atoms with Crippen molar-refractivity contribution in [3.05, 3.63) is 349 Å². The molecule has 4 nitrogen and oxygen atoms in total. The molecule has 12 aromatic carbocycles. The van der Waals surface area contributed by atoms with Gasteiger partial charge in [0.2, 0.25) is 0 Å². The van der Waals surface area contributed by atoms with Crippen molar-refractivity contribution in [1.29, 1.82) is 0 Å². The molecule has 414 valence electrons. The van der Waals surface area contributed by atoms with Gasteiger partial charge in [-0.05, 0) is 189 Å². The summed E-state index contributed by atoms with van der Waals surface area (Å²) in [7, 11) is 0. The van der Waals surface area contributed by atoms with Crippen LogP contribution in [0.5, 0.6) is 0 Å². The predicted molar refractivity (Wildman–Crippen MR) is 360 cm³/mol. The van der Waals surface area contributed by atoms with Gasteiger partial charge in [0.05, 0.1) is 5.41 Å².